The van der Waals surface area contributed by atoms with Gasteiger partial charge in [0.1, 0.15) is 18.5 Å². The van der Waals surface area contributed by atoms with Crippen molar-refractivity contribution in [2.45, 2.75) is 126 Å². The number of aliphatic hydroxyl groups excluding tert-OH is 2. The number of benzene rings is 3. The number of carbonyl (C=O) groups excluding carboxylic acids is 4. The van der Waals surface area contributed by atoms with Gasteiger partial charge in [-0.1, -0.05) is 128 Å². The van der Waals surface area contributed by atoms with E-state index in [1.807, 2.05) is 39.0 Å². The second kappa shape index (κ2) is 28.7. The first-order valence-corrected chi connectivity index (χ1v) is 22.8. The van der Waals surface area contributed by atoms with Crippen molar-refractivity contribution in [3.8, 4) is 0 Å². The number of hydrogen-bond donors (Lipinski definition) is 5. The summed E-state index contributed by atoms with van der Waals surface area (Å²) in [5.74, 6) is -1.84. The molecule has 15 heteroatoms. The van der Waals surface area contributed by atoms with Crippen LogP contribution in [-0.4, -0.2) is 108 Å². The Balaban J connectivity index is 0.000000662. The molecule has 1 unspecified atom stereocenters. The molecule has 382 valence electrons. The van der Waals surface area contributed by atoms with Crippen molar-refractivity contribution in [1.29, 1.82) is 0 Å². The summed E-state index contributed by atoms with van der Waals surface area (Å²) >= 11 is 0. The second-order valence-electron chi connectivity index (χ2n) is 18.1. The van der Waals surface area contributed by atoms with Gasteiger partial charge in [0.15, 0.2) is 11.9 Å². The average Bonchev–Trinajstić information content (AvgIpc) is 3.32. The maximum atomic E-state index is 14.5. The van der Waals surface area contributed by atoms with Gasteiger partial charge in [0.25, 0.3) is 5.91 Å². The van der Waals surface area contributed by atoms with E-state index < -0.39 is 58.6 Å². The minimum atomic E-state index is -1.72. The van der Waals surface area contributed by atoms with Gasteiger partial charge < -0.3 is 49.5 Å². The molecule has 3 aromatic rings. The molecule has 1 aliphatic heterocycles. The molecule has 3 aromatic carbocycles. The summed E-state index contributed by atoms with van der Waals surface area (Å²) in [5, 5.41) is 40.0. The first kappa shape index (κ1) is 61.3. The number of aliphatic hydroxyl groups is 2. The average molecular weight is 964 g/mol. The molecule has 2 aliphatic rings. The fraction of sp³-hybridized carbons (Fsp3) is 0.519. The first-order valence-electron chi connectivity index (χ1n) is 22.8. The number of aliphatic carboxylic acids is 1. The maximum absolute atomic E-state index is 14.5. The smallest absolute Gasteiger partial charge is 0.479 e. The SMILES string of the molecule is C.CC=O.CC[C@H](OC(=O)c1ccccc1)[C@]1(C)CC(C)C(C)=C([C@@H](OC)C(=O)[C@@](C)(CC2COC2)[C@@H](O)CC)C1(C)C.COC(=O)O.O=C(N[C@@H](c1ccccc1)[C@@H](O)C(=O)O)c1ccccc1. The van der Waals surface area contributed by atoms with Crippen LogP contribution in [-0.2, 0) is 33.3 Å². The van der Waals surface area contributed by atoms with Crippen molar-refractivity contribution in [3.05, 3.63) is 119 Å². The van der Waals surface area contributed by atoms with Crippen molar-refractivity contribution in [2.75, 3.05) is 27.4 Å². The molecule has 0 saturated carbocycles. The van der Waals surface area contributed by atoms with Gasteiger partial charge in [0.2, 0.25) is 0 Å². The fourth-order valence-corrected chi connectivity index (χ4v) is 9.08. The number of ketones is 1. The number of carbonyl (C=O) groups is 6. The molecule has 15 nitrogen and oxygen atoms in total. The molecule has 5 N–H and O–H groups in total. The predicted octanol–water partition coefficient (Wildman–Crippen LogP) is 9.16. The number of aldehydes is 1. The lowest BCUT2D eigenvalue weighted by Gasteiger charge is -2.56. The largest absolute Gasteiger partial charge is 0.505 e. The summed E-state index contributed by atoms with van der Waals surface area (Å²) in [7, 11) is 2.69. The Labute approximate surface area is 408 Å². The number of Topliss-reactive ketones (excluding diaryl/α,β-unsaturated/α-hetero) is 1. The zero-order valence-corrected chi connectivity index (χ0v) is 41.4. The third-order valence-electron chi connectivity index (χ3n) is 13.4. The lowest BCUT2D eigenvalue weighted by molar-refractivity contribution is -0.152. The summed E-state index contributed by atoms with van der Waals surface area (Å²) in [6, 6.07) is 25.0. The Kier molecular flexibility index (Phi) is 25.5. The van der Waals surface area contributed by atoms with Crippen LogP contribution in [0.5, 0.6) is 0 Å². The number of carboxylic acids is 1. The summed E-state index contributed by atoms with van der Waals surface area (Å²) in [6.07, 6.45) is -1.66. The summed E-state index contributed by atoms with van der Waals surface area (Å²) in [6.45, 7) is 19.3. The van der Waals surface area contributed by atoms with Gasteiger partial charge in [0.05, 0.1) is 43.4 Å². The van der Waals surface area contributed by atoms with E-state index in [2.05, 4.69) is 44.7 Å². The Morgan fingerprint density at radius 2 is 1.33 bits per heavy atom. The van der Waals surface area contributed by atoms with E-state index in [-0.39, 0.29) is 37.1 Å². The summed E-state index contributed by atoms with van der Waals surface area (Å²) in [5.41, 5.74) is 1.59. The van der Waals surface area contributed by atoms with Crippen LogP contribution < -0.4 is 5.32 Å². The molecule has 1 aliphatic carbocycles. The van der Waals surface area contributed by atoms with E-state index >= 15 is 0 Å². The van der Waals surface area contributed by atoms with Gasteiger partial charge in [-0.3, -0.25) is 9.59 Å². The highest BCUT2D eigenvalue weighted by Crippen LogP contribution is 2.59. The standard InChI is InChI=1S/C33H50O6.C16H15NO4.C2H4O3.C2H4O.CH4/c1-10-25(34)32(7,18-23-19-38-20-23)29(35)28(37-9)27-22(4)21(3)17-33(8,31(27,5)6)26(11-2)39-30(36)24-15-13-12-14-16-24;18-14(16(20)21)13(11-7-3-1-4-8-11)17-15(19)12-9-5-2-6-10-12;1-5-2(3)4;1-2-3;/h12-16,21,23,25-26,28,34H,10-11,17-20H2,1-9H3;1-10,13-14,18H,(H,17,19)(H,20,21);1H3,(H,3,4);2H,1H3;1H4/t21?,25-,26-,28+,32-,33-;13-,14+;;;/m00.../s1. The first-order chi connectivity index (χ1) is 32.1. The third-order valence-corrected chi connectivity index (χ3v) is 13.4. The number of carboxylic acid groups (broad SMARTS) is 2. The molecule has 0 radical (unpaired) electrons. The zero-order valence-electron chi connectivity index (χ0n) is 41.4. The van der Waals surface area contributed by atoms with E-state index in [0.29, 0.717) is 49.2 Å². The van der Waals surface area contributed by atoms with Crippen molar-refractivity contribution >= 4 is 36.1 Å². The van der Waals surface area contributed by atoms with Crippen LogP contribution in [0.1, 0.15) is 128 Å². The minimum absolute atomic E-state index is 0. The van der Waals surface area contributed by atoms with E-state index in [9.17, 15) is 29.4 Å². The van der Waals surface area contributed by atoms with Gasteiger partial charge in [-0.05, 0) is 86.3 Å². The molecular weight excluding hydrogens is 887 g/mol. The van der Waals surface area contributed by atoms with Crippen molar-refractivity contribution in [3.63, 3.8) is 0 Å². The van der Waals surface area contributed by atoms with Gasteiger partial charge in [0, 0.05) is 24.0 Å². The maximum Gasteiger partial charge on any atom is 0.505 e. The number of rotatable bonds is 17. The number of ether oxygens (including phenoxy) is 4. The zero-order chi connectivity index (χ0) is 51.4. The highest BCUT2D eigenvalue weighted by molar-refractivity contribution is 5.95. The van der Waals surface area contributed by atoms with Gasteiger partial charge >= 0.3 is 18.1 Å². The molecule has 0 spiro atoms. The van der Waals surface area contributed by atoms with Gasteiger partial charge in [-0.2, -0.15) is 0 Å². The number of esters is 1. The van der Waals surface area contributed by atoms with Crippen LogP contribution >= 0.6 is 0 Å². The van der Waals surface area contributed by atoms with Crippen LogP contribution in [0.2, 0.25) is 0 Å². The molecule has 69 heavy (non-hydrogen) atoms. The number of allylic oxidation sites excluding steroid dienone is 1. The Bertz CT molecular complexity index is 2110. The highest BCUT2D eigenvalue weighted by Gasteiger charge is 2.58. The Morgan fingerprint density at radius 3 is 1.74 bits per heavy atom. The molecule has 1 heterocycles. The number of hydrogen-bond acceptors (Lipinski definition) is 12. The molecule has 5 rings (SSSR count). The van der Waals surface area contributed by atoms with Crippen molar-refractivity contribution in [2.24, 2.45) is 28.1 Å². The quantitative estimate of drug-likeness (QED) is 0.0482. The van der Waals surface area contributed by atoms with E-state index in [4.69, 9.17) is 34.0 Å². The molecule has 1 amide bonds. The van der Waals surface area contributed by atoms with Crippen LogP contribution in [0.3, 0.4) is 0 Å². The van der Waals surface area contributed by atoms with E-state index in [1.165, 1.54) is 6.92 Å². The van der Waals surface area contributed by atoms with Crippen molar-refractivity contribution in [1.82, 2.24) is 5.32 Å². The Hall–Kier alpha value is -5.74. The minimum Gasteiger partial charge on any atom is -0.479 e. The molecular formula is C54H77NO14. The van der Waals surface area contributed by atoms with E-state index in [0.717, 1.165) is 31.0 Å². The number of methoxy groups -OCH3 is 2. The fourth-order valence-electron chi connectivity index (χ4n) is 9.08. The number of amides is 1. The number of nitrogens with one attached hydrogen (secondary N) is 1. The van der Waals surface area contributed by atoms with Crippen LogP contribution in [0.15, 0.2) is 102 Å². The van der Waals surface area contributed by atoms with Crippen LogP contribution in [0, 0.1) is 28.1 Å². The van der Waals surface area contributed by atoms with E-state index in [1.54, 1.807) is 79.9 Å². The van der Waals surface area contributed by atoms with Gasteiger partial charge in [-0.25, -0.2) is 14.4 Å². The summed E-state index contributed by atoms with van der Waals surface area (Å²) < 4.78 is 21.4. The normalized spacial score (nSPS) is 20.0. The van der Waals surface area contributed by atoms with Crippen LogP contribution in [0.25, 0.3) is 0 Å². The molecule has 8 atom stereocenters. The summed E-state index contributed by atoms with van der Waals surface area (Å²) in [4.78, 5) is 68.8. The lowest BCUT2D eigenvalue weighted by Crippen LogP contribution is -2.56. The topological polar surface area (TPSA) is 232 Å². The predicted molar refractivity (Wildman–Crippen MR) is 264 cm³/mol. The highest BCUT2D eigenvalue weighted by atomic mass is 16.6. The molecule has 0 bridgehead atoms. The third kappa shape index (κ3) is 15.9. The van der Waals surface area contributed by atoms with Crippen LogP contribution in [0.4, 0.5) is 4.79 Å². The monoisotopic (exact) mass is 964 g/mol. The lowest BCUT2D eigenvalue weighted by atomic mass is 9.50. The van der Waals surface area contributed by atoms with Gasteiger partial charge in [-0.15, -0.1) is 0 Å². The molecule has 1 fully saturated rings. The van der Waals surface area contributed by atoms with Crippen molar-refractivity contribution < 1.29 is 68.1 Å². The Morgan fingerprint density at radius 1 is 0.855 bits per heavy atom. The molecule has 0 aromatic heterocycles. The second-order valence-corrected chi connectivity index (χ2v) is 18.1. The molecule has 1 saturated heterocycles.